The maximum atomic E-state index is 9.76. The Balaban J connectivity index is 2.04. The van der Waals surface area contributed by atoms with Crippen molar-refractivity contribution in [3.63, 3.8) is 0 Å². The largest absolute Gasteiger partial charge is 0.508 e. The highest BCUT2D eigenvalue weighted by atomic mass is 16.5. The zero-order chi connectivity index (χ0) is 14.8. The molecule has 1 atom stereocenters. The lowest BCUT2D eigenvalue weighted by molar-refractivity contribution is 0.159. The van der Waals surface area contributed by atoms with Crippen LogP contribution >= 0.6 is 0 Å². The van der Waals surface area contributed by atoms with Gasteiger partial charge in [0.05, 0.1) is 5.76 Å². The average molecular weight is 272 g/mol. The molecule has 1 aromatic carbocycles. The molecule has 1 aliphatic carbocycles. The summed E-state index contributed by atoms with van der Waals surface area (Å²) < 4.78 is 5.91. The van der Waals surface area contributed by atoms with Crippen LogP contribution < -0.4 is 0 Å². The Hall–Kier alpha value is -1.70. The van der Waals surface area contributed by atoms with Gasteiger partial charge in [-0.25, -0.2) is 0 Å². The number of benzene rings is 1. The standard InChI is InChI=1S/C18H24O2/c1-13-9-15(18(2,3)4)11-16(10-13)20-12-14-7-5-6-8-17(14)19/h5-10,15,19H,11-12H2,1-4H3. The van der Waals surface area contributed by atoms with Gasteiger partial charge in [-0.05, 0) is 30.4 Å². The Kier molecular flexibility index (Phi) is 4.22. The minimum atomic E-state index is 0.235. The van der Waals surface area contributed by atoms with E-state index in [9.17, 15) is 5.11 Å². The molecule has 0 aromatic heterocycles. The van der Waals surface area contributed by atoms with E-state index in [2.05, 4.69) is 39.8 Å². The van der Waals surface area contributed by atoms with Crippen LogP contribution in [0.4, 0.5) is 0 Å². The summed E-state index contributed by atoms with van der Waals surface area (Å²) in [4.78, 5) is 0. The molecular weight excluding hydrogens is 248 g/mol. The van der Waals surface area contributed by atoms with Gasteiger partial charge >= 0.3 is 0 Å². The maximum Gasteiger partial charge on any atom is 0.122 e. The second-order valence-electron chi connectivity index (χ2n) is 6.62. The summed E-state index contributed by atoms with van der Waals surface area (Å²) in [5.74, 6) is 1.79. The number of phenols is 1. The second kappa shape index (κ2) is 5.74. The summed E-state index contributed by atoms with van der Waals surface area (Å²) in [6.45, 7) is 9.30. The highest BCUT2D eigenvalue weighted by molar-refractivity contribution is 5.31. The summed E-state index contributed by atoms with van der Waals surface area (Å²) in [5, 5.41) is 9.76. The Labute approximate surface area is 121 Å². The molecule has 1 aliphatic rings. The van der Waals surface area contributed by atoms with Crippen molar-refractivity contribution >= 4 is 0 Å². The van der Waals surface area contributed by atoms with Crippen LogP contribution in [0.15, 0.2) is 47.7 Å². The number of ether oxygens (including phenoxy) is 1. The Bertz CT molecular complexity index is 533. The summed E-state index contributed by atoms with van der Waals surface area (Å²) in [6.07, 6.45) is 5.35. The molecule has 0 spiro atoms. The van der Waals surface area contributed by atoms with E-state index in [0.29, 0.717) is 18.3 Å². The summed E-state index contributed by atoms with van der Waals surface area (Å²) >= 11 is 0. The summed E-state index contributed by atoms with van der Waals surface area (Å²) in [7, 11) is 0. The van der Waals surface area contributed by atoms with Crippen LogP contribution in [0.1, 0.15) is 39.7 Å². The van der Waals surface area contributed by atoms with Crippen molar-refractivity contribution in [1.29, 1.82) is 0 Å². The second-order valence-corrected chi connectivity index (χ2v) is 6.62. The van der Waals surface area contributed by atoms with Crippen LogP contribution in [0, 0.1) is 11.3 Å². The number of hydrogen-bond donors (Lipinski definition) is 1. The highest BCUT2D eigenvalue weighted by Crippen LogP contribution is 2.36. The monoisotopic (exact) mass is 272 g/mol. The van der Waals surface area contributed by atoms with Gasteiger partial charge in [-0.15, -0.1) is 0 Å². The van der Waals surface area contributed by atoms with Gasteiger partial charge < -0.3 is 9.84 Å². The normalized spacial score (nSPS) is 19.3. The van der Waals surface area contributed by atoms with Crippen LogP contribution in [0.3, 0.4) is 0 Å². The van der Waals surface area contributed by atoms with Crippen molar-refractivity contribution in [3.05, 3.63) is 53.3 Å². The molecule has 0 radical (unpaired) electrons. The average Bonchev–Trinajstić information content (AvgIpc) is 2.36. The van der Waals surface area contributed by atoms with Crippen LogP contribution in [0.25, 0.3) is 0 Å². The Morgan fingerprint density at radius 3 is 2.60 bits per heavy atom. The van der Waals surface area contributed by atoms with E-state index < -0.39 is 0 Å². The van der Waals surface area contributed by atoms with Gasteiger partial charge in [-0.1, -0.05) is 50.6 Å². The lowest BCUT2D eigenvalue weighted by Gasteiger charge is -2.31. The quantitative estimate of drug-likeness (QED) is 0.856. The lowest BCUT2D eigenvalue weighted by Crippen LogP contribution is -2.21. The van der Waals surface area contributed by atoms with Gasteiger partial charge in [-0.2, -0.15) is 0 Å². The number of aromatic hydroxyl groups is 1. The van der Waals surface area contributed by atoms with E-state index in [4.69, 9.17) is 4.74 Å². The number of hydrogen-bond acceptors (Lipinski definition) is 2. The molecule has 0 saturated heterocycles. The topological polar surface area (TPSA) is 29.5 Å². The van der Waals surface area contributed by atoms with Crippen molar-refractivity contribution in [1.82, 2.24) is 0 Å². The first-order chi connectivity index (χ1) is 9.36. The maximum absolute atomic E-state index is 9.76. The first-order valence-corrected chi connectivity index (χ1v) is 7.15. The minimum absolute atomic E-state index is 0.235. The molecule has 1 N–H and O–H groups in total. The molecule has 0 heterocycles. The molecule has 0 saturated carbocycles. The van der Waals surface area contributed by atoms with Crippen LogP contribution in [0.5, 0.6) is 5.75 Å². The van der Waals surface area contributed by atoms with Gasteiger partial charge in [0.2, 0.25) is 0 Å². The third-order valence-electron chi connectivity index (χ3n) is 3.79. The molecule has 2 rings (SSSR count). The van der Waals surface area contributed by atoms with Crippen molar-refractivity contribution in [2.45, 2.75) is 40.7 Å². The van der Waals surface area contributed by atoms with Crippen molar-refractivity contribution < 1.29 is 9.84 Å². The van der Waals surface area contributed by atoms with Gasteiger partial charge in [-0.3, -0.25) is 0 Å². The van der Waals surface area contributed by atoms with Crippen LogP contribution in [-0.4, -0.2) is 5.11 Å². The van der Waals surface area contributed by atoms with E-state index >= 15 is 0 Å². The molecule has 0 aliphatic heterocycles. The highest BCUT2D eigenvalue weighted by Gasteiger charge is 2.26. The number of para-hydroxylation sites is 1. The molecular formula is C18H24O2. The summed E-state index contributed by atoms with van der Waals surface area (Å²) in [5.41, 5.74) is 2.32. The fourth-order valence-electron chi connectivity index (χ4n) is 2.41. The van der Waals surface area contributed by atoms with Crippen molar-refractivity contribution in [2.75, 3.05) is 0 Å². The molecule has 0 fully saturated rings. The number of phenolic OH excluding ortho intramolecular Hbond substituents is 1. The summed E-state index contributed by atoms with van der Waals surface area (Å²) in [6, 6.07) is 7.32. The van der Waals surface area contributed by atoms with E-state index in [1.807, 2.05) is 18.2 Å². The fourth-order valence-corrected chi connectivity index (χ4v) is 2.41. The Morgan fingerprint density at radius 1 is 1.25 bits per heavy atom. The molecule has 0 bridgehead atoms. The van der Waals surface area contributed by atoms with E-state index in [1.54, 1.807) is 6.07 Å². The first kappa shape index (κ1) is 14.7. The fraction of sp³-hybridized carbons (Fsp3) is 0.444. The van der Waals surface area contributed by atoms with Gasteiger partial charge in [0.1, 0.15) is 12.4 Å². The Morgan fingerprint density at radius 2 is 1.95 bits per heavy atom. The van der Waals surface area contributed by atoms with Crippen molar-refractivity contribution in [2.24, 2.45) is 11.3 Å². The van der Waals surface area contributed by atoms with Gasteiger partial charge in [0.15, 0.2) is 0 Å². The van der Waals surface area contributed by atoms with Gasteiger partial charge in [0, 0.05) is 12.0 Å². The van der Waals surface area contributed by atoms with E-state index in [1.165, 1.54) is 5.57 Å². The molecule has 2 heteroatoms. The minimum Gasteiger partial charge on any atom is -0.508 e. The zero-order valence-corrected chi connectivity index (χ0v) is 12.8. The SMILES string of the molecule is CC1=CC(C(C)(C)C)CC(OCc2ccccc2O)=C1. The molecule has 108 valence electrons. The van der Waals surface area contributed by atoms with Crippen molar-refractivity contribution in [3.8, 4) is 5.75 Å². The van der Waals surface area contributed by atoms with E-state index in [-0.39, 0.29) is 5.41 Å². The molecule has 0 amide bonds. The van der Waals surface area contributed by atoms with Crippen LogP contribution in [0.2, 0.25) is 0 Å². The molecule has 1 unspecified atom stereocenters. The number of allylic oxidation sites excluding steroid dienone is 4. The van der Waals surface area contributed by atoms with E-state index in [0.717, 1.165) is 17.7 Å². The molecule has 1 aromatic rings. The third kappa shape index (κ3) is 3.66. The smallest absolute Gasteiger partial charge is 0.122 e. The predicted molar refractivity (Wildman–Crippen MR) is 82.3 cm³/mol. The zero-order valence-electron chi connectivity index (χ0n) is 12.8. The predicted octanol–water partition coefficient (Wildman–Crippen LogP) is 4.81. The molecule has 2 nitrogen and oxygen atoms in total. The first-order valence-electron chi connectivity index (χ1n) is 7.15. The number of rotatable bonds is 3. The third-order valence-corrected chi connectivity index (χ3v) is 3.79. The van der Waals surface area contributed by atoms with Crippen LogP contribution in [-0.2, 0) is 11.3 Å². The lowest BCUT2D eigenvalue weighted by atomic mass is 9.75. The molecule has 20 heavy (non-hydrogen) atoms. The van der Waals surface area contributed by atoms with Gasteiger partial charge in [0.25, 0.3) is 0 Å².